The number of anilines is 4. The van der Waals surface area contributed by atoms with Crippen molar-refractivity contribution in [3.05, 3.63) is 94.0 Å². The zero-order valence-corrected chi connectivity index (χ0v) is 23.3. The van der Waals surface area contributed by atoms with Gasteiger partial charge in [-0.05, 0) is 60.0 Å². The van der Waals surface area contributed by atoms with Crippen LogP contribution in [0.1, 0.15) is 21.5 Å². The number of fused-ring (bicyclic) bond motifs is 1. The number of aliphatic hydroxyl groups is 2. The zero-order chi connectivity index (χ0) is 29.1. The first kappa shape index (κ1) is 27.9. The minimum absolute atomic E-state index is 0.101. The topological polar surface area (TPSA) is 120 Å². The number of nitrogens with zero attached hydrogens (tertiary/aromatic N) is 4. The van der Waals surface area contributed by atoms with E-state index in [9.17, 15) is 14.7 Å². The first-order valence-electron chi connectivity index (χ1n) is 13.3. The molecule has 0 unspecified atom stereocenters. The van der Waals surface area contributed by atoms with Crippen LogP contribution < -0.4 is 25.4 Å². The molecule has 0 spiro atoms. The molecule has 2 aromatic carbocycles. The monoisotopic (exact) mass is 555 g/mol. The Morgan fingerprint density at radius 2 is 1.88 bits per heavy atom. The second-order valence-electron chi connectivity index (χ2n) is 10.0. The molecule has 0 aliphatic carbocycles. The van der Waals surface area contributed by atoms with Crippen molar-refractivity contribution in [3.8, 4) is 16.9 Å². The number of aromatic nitrogens is 2. The Morgan fingerprint density at radius 1 is 1.05 bits per heavy atom. The smallest absolute Gasteiger partial charge is 0.274 e. The van der Waals surface area contributed by atoms with Crippen LogP contribution >= 0.6 is 0 Å². The predicted molar refractivity (Wildman–Crippen MR) is 159 cm³/mol. The number of benzene rings is 2. The van der Waals surface area contributed by atoms with Gasteiger partial charge < -0.3 is 34.6 Å². The molecule has 0 radical (unpaired) electrons. The molecule has 1 amide bonds. The van der Waals surface area contributed by atoms with Gasteiger partial charge in [0.05, 0.1) is 25.1 Å². The number of aliphatic hydroxyl groups excluding tert-OH is 2. The van der Waals surface area contributed by atoms with Gasteiger partial charge in [0.1, 0.15) is 23.9 Å². The fourth-order valence-electron chi connectivity index (χ4n) is 5.04. The number of amides is 1. The van der Waals surface area contributed by atoms with Gasteiger partial charge >= 0.3 is 0 Å². The first-order chi connectivity index (χ1) is 19.8. The van der Waals surface area contributed by atoms with Crippen LogP contribution in [0.3, 0.4) is 0 Å². The second kappa shape index (κ2) is 11.8. The lowest BCUT2D eigenvalue weighted by Gasteiger charge is -2.31. The third-order valence-electron chi connectivity index (χ3n) is 7.14. The Kier molecular flexibility index (Phi) is 8.04. The van der Waals surface area contributed by atoms with Crippen molar-refractivity contribution in [2.24, 2.45) is 7.05 Å². The number of carbonyl (C=O) groups excluding carboxylic acids is 1. The van der Waals surface area contributed by atoms with E-state index >= 15 is 0 Å². The standard InChI is InChI=1S/C31H33N5O5/c1-34(2)22-7-9-25-20(15-22)11-12-36(30(25)39)28-6-4-5-24(26(28)19-38)21-16-27(31(40)35(3)18-21)33-29-10-8-23(17-32-29)41-14-13-37/h4-10,15-18,37-38H,11-14,19H2,1-3H3,(H,32,33). The Labute approximate surface area is 238 Å². The summed E-state index contributed by atoms with van der Waals surface area (Å²) in [5.41, 5.74) is 5.41. The number of pyridine rings is 2. The first-order valence-corrected chi connectivity index (χ1v) is 13.3. The van der Waals surface area contributed by atoms with Crippen LogP contribution in [-0.4, -0.2) is 59.5 Å². The van der Waals surface area contributed by atoms with Gasteiger partial charge in [0.15, 0.2) is 0 Å². The van der Waals surface area contributed by atoms with Gasteiger partial charge in [-0.3, -0.25) is 9.59 Å². The molecule has 212 valence electrons. The van der Waals surface area contributed by atoms with Crippen molar-refractivity contribution in [1.29, 1.82) is 0 Å². The summed E-state index contributed by atoms with van der Waals surface area (Å²) in [6, 6.07) is 16.5. The largest absolute Gasteiger partial charge is 0.490 e. The minimum atomic E-state index is -0.288. The Balaban J connectivity index is 1.48. The van der Waals surface area contributed by atoms with Crippen molar-refractivity contribution in [2.75, 3.05) is 49.0 Å². The second-order valence-corrected chi connectivity index (χ2v) is 10.0. The summed E-state index contributed by atoms with van der Waals surface area (Å²) in [6.45, 7) is 0.264. The van der Waals surface area contributed by atoms with Crippen LogP contribution in [0.4, 0.5) is 22.9 Å². The van der Waals surface area contributed by atoms with E-state index in [2.05, 4.69) is 16.4 Å². The van der Waals surface area contributed by atoms with E-state index in [0.717, 1.165) is 11.3 Å². The molecule has 0 atom stereocenters. The van der Waals surface area contributed by atoms with Crippen LogP contribution in [0.5, 0.6) is 5.75 Å². The van der Waals surface area contributed by atoms with E-state index in [0.29, 0.717) is 58.2 Å². The third kappa shape index (κ3) is 5.65. The average molecular weight is 556 g/mol. The van der Waals surface area contributed by atoms with E-state index in [1.54, 1.807) is 36.3 Å². The van der Waals surface area contributed by atoms with Gasteiger partial charge in [-0.1, -0.05) is 12.1 Å². The number of ether oxygens (including phenoxy) is 1. The van der Waals surface area contributed by atoms with E-state index < -0.39 is 0 Å². The van der Waals surface area contributed by atoms with Gasteiger partial charge in [0.2, 0.25) is 0 Å². The summed E-state index contributed by atoms with van der Waals surface area (Å²) in [7, 11) is 5.60. The molecule has 3 N–H and O–H groups in total. The molecule has 5 rings (SSSR count). The van der Waals surface area contributed by atoms with E-state index in [1.807, 2.05) is 49.3 Å². The van der Waals surface area contributed by atoms with Crippen LogP contribution in [0.15, 0.2) is 71.8 Å². The van der Waals surface area contributed by atoms with Gasteiger partial charge in [0, 0.05) is 56.3 Å². The molecule has 41 heavy (non-hydrogen) atoms. The summed E-state index contributed by atoms with van der Waals surface area (Å²) >= 11 is 0. The van der Waals surface area contributed by atoms with Crippen molar-refractivity contribution >= 4 is 28.8 Å². The highest BCUT2D eigenvalue weighted by molar-refractivity contribution is 6.09. The van der Waals surface area contributed by atoms with Gasteiger partial charge in [-0.15, -0.1) is 0 Å². The fraction of sp³-hybridized carbons (Fsp3) is 0.258. The van der Waals surface area contributed by atoms with Crippen molar-refractivity contribution < 1.29 is 19.7 Å². The highest BCUT2D eigenvalue weighted by atomic mass is 16.5. The molecule has 0 bridgehead atoms. The van der Waals surface area contributed by atoms with Crippen molar-refractivity contribution in [2.45, 2.75) is 13.0 Å². The molecule has 1 aliphatic rings. The Morgan fingerprint density at radius 3 is 2.59 bits per heavy atom. The molecule has 3 heterocycles. The lowest BCUT2D eigenvalue weighted by molar-refractivity contribution is 0.0980. The number of nitrogens with one attached hydrogen (secondary N) is 1. The van der Waals surface area contributed by atoms with Crippen LogP contribution in [0, 0.1) is 0 Å². The molecule has 2 aromatic heterocycles. The SMILES string of the molecule is CN(C)c1ccc2c(c1)CCN(c1cccc(-c3cc(Nc4ccc(OCCO)cn4)c(=O)n(C)c3)c1CO)C2=O. The highest BCUT2D eigenvalue weighted by Gasteiger charge is 2.28. The lowest BCUT2D eigenvalue weighted by Crippen LogP contribution is -2.38. The van der Waals surface area contributed by atoms with E-state index in [1.165, 1.54) is 10.8 Å². The van der Waals surface area contributed by atoms with Gasteiger partial charge in [0.25, 0.3) is 11.5 Å². The predicted octanol–water partition coefficient (Wildman–Crippen LogP) is 3.32. The van der Waals surface area contributed by atoms with Gasteiger partial charge in [-0.25, -0.2) is 4.98 Å². The van der Waals surface area contributed by atoms with E-state index in [-0.39, 0.29) is 31.3 Å². The molecular weight excluding hydrogens is 522 g/mol. The summed E-state index contributed by atoms with van der Waals surface area (Å²) in [4.78, 5) is 34.6. The molecule has 10 nitrogen and oxygen atoms in total. The summed E-state index contributed by atoms with van der Waals surface area (Å²) in [5.74, 6) is 0.842. The minimum Gasteiger partial charge on any atom is -0.490 e. The normalized spacial score (nSPS) is 12.7. The number of hydrogen-bond donors (Lipinski definition) is 3. The molecular formula is C31H33N5O5. The average Bonchev–Trinajstić information content (AvgIpc) is 2.98. The van der Waals surface area contributed by atoms with Crippen LogP contribution in [0.2, 0.25) is 0 Å². The van der Waals surface area contributed by atoms with Gasteiger partial charge in [-0.2, -0.15) is 0 Å². The summed E-state index contributed by atoms with van der Waals surface area (Å²) in [6.07, 6.45) is 3.92. The summed E-state index contributed by atoms with van der Waals surface area (Å²) < 4.78 is 6.82. The zero-order valence-electron chi connectivity index (χ0n) is 23.3. The molecule has 10 heteroatoms. The Bertz CT molecular complexity index is 1630. The van der Waals surface area contributed by atoms with Crippen LogP contribution in [-0.2, 0) is 20.1 Å². The molecule has 0 fully saturated rings. The highest BCUT2D eigenvalue weighted by Crippen LogP contribution is 2.35. The molecule has 0 saturated carbocycles. The van der Waals surface area contributed by atoms with Crippen LogP contribution in [0.25, 0.3) is 11.1 Å². The van der Waals surface area contributed by atoms with Crippen molar-refractivity contribution in [3.63, 3.8) is 0 Å². The molecule has 0 saturated heterocycles. The fourth-order valence-corrected chi connectivity index (χ4v) is 5.04. The third-order valence-corrected chi connectivity index (χ3v) is 7.14. The quantitative estimate of drug-likeness (QED) is 0.288. The van der Waals surface area contributed by atoms with Crippen molar-refractivity contribution in [1.82, 2.24) is 9.55 Å². The number of aryl methyl sites for hydroxylation is 1. The maximum absolute atomic E-state index is 13.6. The molecule has 1 aliphatic heterocycles. The Hall–Kier alpha value is -4.67. The lowest BCUT2D eigenvalue weighted by atomic mass is 9.94. The maximum atomic E-state index is 13.6. The van der Waals surface area contributed by atoms with E-state index in [4.69, 9.17) is 9.84 Å². The number of hydrogen-bond acceptors (Lipinski definition) is 8. The maximum Gasteiger partial charge on any atom is 0.274 e. The molecule has 4 aromatic rings. The number of carbonyl (C=O) groups is 1. The summed E-state index contributed by atoms with van der Waals surface area (Å²) in [5, 5.41) is 22.5. The number of rotatable bonds is 9.